The summed E-state index contributed by atoms with van der Waals surface area (Å²) in [5.74, 6) is 2.20. The van der Waals surface area contributed by atoms with E-state index >= 15 is 0 Å². The summed E-state index contributed by atoms with van der Waals surface area (Å²) in [4.78, 5) is 2.70. The van der Waals surface area contributed by atoms with E-state index < -0.39 is 0 Å². The molecular weight excluding hydrogens is 246 g/mol. The molecule has 0 aromatic rings. The number of aliphatic hydroxyl groups excluding tert-OH is 1. The summed E-state index contributed by atoms with van der Waals surface area (Å²) in [5.41, 5.74) is 0. The van der Waals surface area contributed by atoms with Gasteiger partial charge in [0.05, 0.1) is 6.10 Å². The summed E-state index contributed by atoms with van der Waals surface area (Å²) < 4.78 is 0. The Kier molecular flexibility index (Phi) is 6.35. The highest BCUT2D eigenvalue weighted by Crippen LogP contribution is 2.35. The first-order chi connectivity index (χ1) is 9.60. The van der Waals surface area contributed by atoms with Gasteiger partial charge in [-0.3, -0.25) is 0 Å². The molecule has 0 saturated heterocycles. The lowest BCUT2D eigenvalue weighted by molar-refractivity contribution is 0.0234. The van der Waals surface area contributed by atoms with E-state index in [1.165, 1.54) is 51.5 Å². The molecule has 0 heterocycles. The van der Waals surface area contributed by atoms with Gasteiger partial charge in [0, 0.05) is 12.6 Å². The van der Waals surface area contributed by atoms with Gasteiger partial charge in [0.25, 0.3) is 0 Å². The largest absolute Gasteiger partial charge is 0.393 e. The molecule has 2 heteroatoms. The van der Waals surface area contributed by atoms with Crippen molar-refractivity contribution in [1.82, 2.24) is 4.90 Å². The quantitative estimate of drug-likeness (QED) is 0.725. The molecule has 0 aromatic heterocycles. The molecule has 2 aliphatic carbocycles. The normalized spacial score (nSPS) is 31.2. The Labute approximate surface area is 125 Å². The van der Waals surface area contributed by atoms with Gasteiger partial charge >= 0.3 is 0 Å². The van der Waals surface area contributed by atoms with Crippen molar-refractivity contribution in [3.8, 4) is 0 Å². The van der Waals surface area contributed by atoms with Crippen molar-refractivity contribution in [3.63, 3.8) is 0 Å². The Morgan fingerprint density at radius 3 is 2.50 bits per heavy atom. The van der Waals surface area contributed by atoms with Gasteiger partial charge in [-0.05, 0) is 62.8 Å². The molecule has 0 bridgehead atoms. The van der Waals surface area contributed by atoms with E-state index in [1.54, 1.807) is 0 Å². The first kappa shape index (κ1) is 16.3. The lowest BCUT2D eigenvalue weighted by Crippen LogP contribution is -2.40. The van der Waals surface area contributed by atoms with Crippen molar-refractivity contribution >= 4 is 0 Å². The van der Waals surface area contributed by atoms with Gasteiger partial charge in [-0.15, -0.1) is 0 Å². The third-order valence-electron chi connectivity index (χ3n) is 5.27. The fourth-order valence-corrected chi connectivity index (χ4v) is 3.80. The molecule has 0 amide bonds. The Morgan fingerprint density at radius 1 is 1.15 bits per heavy atom. The van der Waals surface area contributed by atoms with Crippen LogP contribution in [0, 0.1) is 17.8 Å². The molecule has 2 nitrogen and oxygen atoms in total. The van der Waals surface area contributed by atoms with E-state index in [4.69, 9.17) is 0 Å². The molecule has 2 saturated carbocycles. The molecule has 0 aliphatic heterocycles. The van der Waals surface area contributed by atoms with Gasteiger partial charge in [-0.25, -0.2) is 0 Å². The fraction of sp³-hybridized carbons (Fsp3) is 1.00. The number of hydrogen-bond acceptors (Lipinski definition) is 2. The molecule has 0 spiro atoms. The molecule has 3 unspecified atom stereocenters. The summed E-state index contributed by atoms with van der Waals surface area (Å²) in [6.07, 6.45) is 10.3. The number of aliphatic hydroxyl groups is 1. The number of hydrogen-bond donors (Lipinski definition) is 1. The van der Waals surface area contributed by atoms with Crippen LogP contribution in [0.1, 0.15) is 72.1 Å². The average Bonchev–Trinajstić information content (AvgIpc) is 3.22. The van der Waals surface area contributed by atoms with Crippen LogP contribution >= 0.6 is 0 Å². The van der Waals surface area contributed by atoms with E-state index in [2.05, 4.69) is 25.7 Å². The van der Waals surface area contributed by atoms with Crippen LogP contribution in [0.25, 0.3) is 0 Å². The molecule has 2 aliphatic rings. The van der Waals surface area contributed by atoms with Gasteiger partial charge in [0.15, 0.2) is 0 Å². The predicted molar refractivity (Wildman–Crippen MR) is 85.8 cm³/mol. The highest BCUT2D eigenvalue weighted by atomic mass is 16.3. The molecule has 0 radical (unpaired) electrons. The van der Waals surface area contributed by atoms with Gasteiger partial charge in [0.1, 0.15) is 0 Å². The van der Waals surface area contributed by atoms with Crippen molar-refractivity contribution in [3.05, 3.63) is 0 Å². The SMILES string of the molecule is CCCC1CCC(O)C(CN(CCC(C)C)C2CC2)C1. The second-order valence-electron chi connectivity index (χ2n) is 7.70. The Bertz CT molecular complexity index is 275. The smallest absolute Gasteiger partial charge is 0.0580 e. The maximum absolute atomic E-state index is 10.4. The van der Waals surface area contributed by atoms with Crippen LogP contribution in [-0.2, 0) is 0 Å². The zero-order valence-electron chi connectivity index (χ0n) is 13.9. The Balaban J connectivity index is 1.83. The molecule has 118 valence electrons. The van der Waals surface area contributed by atoms with Crippen LogP contribution < -0.4 is 0 Å². The van der Waals surface area contributed by atoms with E-state index in [0.29, 0.717) is 5.92 Å². The lowest BCUT2D eigenvalue weighted by atomic mass is 9.77. The monoisotopic (exact) mass is 281 g/mol. The fourth-order valence-electron chi connectivity index (χ4n) is 3.80. The summed E-state index contributed by atoms with van der Waals surface area (Å²) in [5, 5.41) is 10.4. The summed E-state index contributed by atoms with van der Waals surface area (Å²) in [6.45, 7) is 9.32. The number of nitrogens with zero attached hydrogens (tertiary/aromatic N) is 1. The zero-order chi connectivity index (χ0) is 14.5. The highest BCUT2D eigenvalue weighted by Gasteiger charge is 2.34. The number of rotatable bonds is 8. The van der Waals surface area contributed by atoms with Crippen molar-refractivity contribution < 1.29 is 5.11 Å². The average molecular weight is 281 g/mol. The van der Waals surface area contributed by atoms with E-state index in [0.717, 1.165) is 30.8 Å². The first-order valence-corrected chi connectivity index (χ1v) is 9.02. The third-order valence-corrected chi connectivity index (χ3v) is 5.27. The van der Waals surface area contributed by atoms with Crippen molar-refractivity contribution in [2.45, 2.75) is 84.3 Å². The molecule has 2 rings (SSSR count). The van der Waals surface area contributed by atoms with Crippen molar-refractivity contribution in [2.24, 2.45) is 17.8 Å². The Hall–Kier alpha value is -0.0800. The zero-order valence-corrected chi connectivity index (χ0v) is 13.9. The predicted octanol–water partition coefficient (Wildman–Crippen LogP) is 4.07. The molecular formula is C18H35NO. The van der Waals surface area contributed by atoms with E-state index in [-0.39, 0.29) is 6.10 Å². The lowest BCUT2D eigenvalue weighted by Gasteiger charge is -2.37. The maximum atomic E-state index is 10.4. The van der Waals surface area contributed by atoms with Crippen LogP contribution in [0.5, 0.6) is 0 Å². The van der Waals surface area contributed by atoms with Gasteiger partial charge in [-0.1, -0.05) is 33.6 Å². The van der Waals surface area contributed by atoms with Crippen molar-refractivity contribution in [2.75, 3.05) is 13.1 Å². The van der Waals surface area contributed by atoms with Crippen LogP contribution in [0.2, 0.25) is 0 Å². The minimum absolute atomic E-state index is 0.0385. The molecule has 0 aromatic carbocycles. The highest BCUT2D eigenvalue weighted by molar-refractivity contribution is 4.89. The van der Waals surface area contributed by atoms with Crippen LogP contribution in [0.3, 0.4) is 0 Å². The van der Waals surface area contributed by atoms with Gasteiger partial charge < -0.3 is 10.0 Å². The summed E-state index contributed by atoms with van der Waals surface area (Å²) in [6, 6.07) is 0.840. The minimum atomic E-state index is -0.0385. The molecule has 20 heavy (non-hydrogen) atoms. The van der Waals surface area contributed by atoms with Crippen LogP contribution in [0.15, 0.2) is 0 Å². The van der Waals surface area contributed by atoms with Gasteiger partial charge in [-0.2, -0.15) is 0 Å². The van der Waals surface area contributed by atoms with Gasteiger partial charge in [0.2, 0.25) is 0 Å². The molecule has 3 atom stereocenters. The minimum Gasteiger partial charge on any atom is -0.393 e. The van der Waals surface area contributed by atoms with E-state index in [1.807, 2.05) is 0 Å². The second-order valence-corrected chi connectivity index (χ2v) is 7.70. The Morgan fingerprint density at radius 2 is 1.90 bits per heavy atom. The molecule has 1 N–H and O–H groups in total. The van der Waals surface area contributed by atoms with E-state index in [9.17, 15) is 5.11 Å². The maximum Gasteiger partial charge on any atom is 0.0580 e. The van der Waals surface area contributed by atoms with Crippen molar-refractivity contribution in [1.29, 1.82) is 0 Å². The third kappa shape index (κ3) is 5.04. The summed E-state index contributed by atoms with van der Waals surface area (Å²) in [7, 11) is 0. The van der Waals surface area contributed by atoms with Crippen LogP contribution in [-0.4, -0.2) is 35.2 Å². The topological polar surface area (TPSA) is 23.5 Å². The second kappa shape index (κ2) is 7.79. The van der Waals surface area contributed by atoms with Crippen LogP contribution in [0.4, 0.5) is 0 Å². The first-order valence-electron chi connectivity index (χ1n) is 9.02. The standard InChI is InChI=1S/C18H35NO/c1-4-5-15-6-9-18(20)16(12-15)13-19(17-7-8-17)11-10-14(2)3/h14-18,20H,4-13H2,1-3H3. The summed E-state index contributed by atoms with van der Waals surface area (Å²) >= 11 is 0. The molecule has 2 fully saturated rings.